The summed E-state index contributed by atoms with van der Waals surface area (Å²) in [4.78, 5) is 10.4. The minimum atomic E-state index is -1.10. The van der Waals surface area contributed by atoms with E-state index in [0.29, 0.717) is 5.90 Å². The standard InChI is InChI=1S/C14H15Br2N3O/c1-13(2,3)19-11(10-7-5-4-6-8-10)18-12(20-19)14(15,16)9-17/h4-8,11H,1-3H3. The Morgan fingerprint density at radius 2 is 1.85 bits per heavy atom. The van der Waals surface area contributed by atoms with E-state index in [1.165, 1.54) is 0 Å². The van der Waals surface area contributed by atoms with Gasteiger partial charge in [0.1, 0.15) is 6.07 Å². The van der Waals surface area contributed by atoms with Gasteiger partial charge in [-0.3, -0.25) is 0 Å². The summed E-state index contributed by atoms with van der Waals surface area (Å²) in [6.45, 7) is 6.12. The van der Waals surface area contributed by atoms with Gasteiger partial charge >= 0.3 is 0 Å². The van der Waals surface area contributed by atoms with Crippen LogP contribution in [-0.4, -0.2) is 19.7 Å². The van der Waals surface area contributed by atoms with Gasteiger partial charge in [-0.15, -0.1) is 5.06 Å². The Balaban J connectivity index is 2.42. The molecule has 0 fully saturated rings. The fourth-order valence-electron chi connectivity index (χ4n) is 1.86. The molecule has 0 N–H and O–H groups in total. The van der Waals surface area contributed by atoms with Crippen LogP contribution in [0.4, 0.5) is 0 Å². The third-order valence-electron chi connectivity index (χ3n) is 2.81. The highest BCUT2D eigenvalue weighted by atomic mass is 79.9. The average Bonchev–Trinajstić information content (AvgIpc) is 2.85. The zero-order valence-electron chi connectivity index (χ0n) is 11.5. The molecule has 1 aromatic rings. The number of aliphatic imine (C=N–C) groups is 1. The molecule has 1 aliphatic heterocycles. The number of hydroxylamine groups is 2. The van der Waals surface area contributed by atoms with Crippen LogP contribution < -0.4 is 0 Å². The van der Waals surface area contributed by atoms with Crippen molar-refractivity contribution in [1.82, 2.24) is 5.06 Å². The molecule has 1 aliphatic rings. The van der Waals surface area contributed by atoms with E-state index in [4.69, 9.17) is 4.84 Å². The maximum atomic E-state index is 9.18. The third-order valence-corrected chi connectivity index (χ3v) is 3.85. The maximum Gasteiger partial charge on any atom is 0.254 e. The summed E-state index contributed by atoms with van der Waals surface area (Å²) in [6.07, 6.45) is -0.269. The summed E-state index contributed by atoms with van der Waals surface area (Å²) in [7, 11) is 0. The summed E-state index contributed by atoms with van der Waals surface area (Å²) in [5.41, 5.74) is 0.767. The van der Waals surface area contributed by atoms with Crippen LogP contribution in [-0.2, 0) is 4.84 Å². The number of nitrogens with zero attached hydrogens (tertiary/aromatic N) is 3. The zero-order chi connectivity index (χ0) is 15.0. The minimum absolute atomic E-state index is 0.253. The van der Waals surface area contributed by atoms with Crippen molar-refractivity contribution in [2.24, 2.45) is 4.99 Å². The fraction of sp³-hybridized carbons (Fsp3) is 0.429. The van der Waals surface area contributed by atoms with E-state index < -0.39 is 3.23 Å². The lowest BCUT2D eigenvalue weighted by Gasteiger charge is -2.33. The lowest BCUT2D eigenvalue weighted by Crippen LogP contribution is -2.42. The molecule has 2 rings (SSSR count). The second-order valence-electron chi connectivity index (χ2n) is 5.49. The Morgan fingerprint density at radius 1 is 1.25 bits per heavy atom. The van der Waals surface area contributed by atoms with Gasteiger partial charge in [0, 0.05) is 0 Å². The number of hydrogen-bond acceptors (Lipinski definition) is 4. The van der Waals surface area contributed by atoms with E-state index in [9.17, 15) is 5.26 Å². The van der Waals surface area contributed by atoms with Crippen molar-refractivity contribution < 1.29 is 4.84 Å². The first-order chi connectivity index (χ1) is 9.25. The Labute approximate surface area is 135 Å². The molecule has 1 atom stereocenters. The van der Waals surface area contributed by atoms with Crippen LogP contribution in [0, 0.1) is 11.3 Å². The van der Waals surface area contributed by atoms with Crippen molar-refractivity contribution in [2.75, 3.05) is 0 Å². The van der Waals surface area contributed by atoms with Crippen molar-refractivity contribution in [3.8, 4) is 6.07 Å². The van der Waals surface area contributed by atoms with Crippen molar-refractivity contribution in [3.05, 3.63) is 35.9 Å². The Morgan fingerprint density at radius 3 is 2.35 bits per heavy atom. The van der Waals surface area contributed by atoms with Crippen LogP contribution in [0.3, 0.4) is 0 Å². The SMILES string of the molecule is CC(C)(C)N1OC(C(Br)(Br)C#N)=NC1c1ccccc1. The van der Waals surface area contributed by atoms with Gasteiger partial charge in [0.2, 0.25) is 3.23 Å². The molecule has 0 saturated heterocycles. The highest BCUT2D eigenvalue weighted by molar-refractivity contribution is 9.26. The summed E-state index contributed by atoms with van der Waals surface area (Å²) in [5, 5.41) is 11.0. The first-order valence-corrected chi connectivity index (χ1v) is 7.74. The number of benzene rings is 1. The number of halogens is 2. The van der Waals surface area contributed by atoms with E-state index in [1.54, 1.807) is 5.06 Å². The molecule has 6 heteroatoms. The summed E-state index contributed by atoms with van der Waals surface area (Å²) in [5.74, 6) is 0.309. The van der Waals surface area contributed by atoms with Gasteiger partial charge in [-0.05, 0) is 58.2 Å². The molecule has 0 aromatic heterocycles. The highest BCUT2D eigenvalue weighted by Gasteiger charge is 2.45. The second-order valence-corrected chi connectivity index (χ2v) is 8.94. The number of hydrogen-bond donors (Lipinski definition) is 0. The maximum absolute atomic E-state index is 9.18. The summed E-state index contributed by atoms with van der Waals surface area (Å²) < 4.78 is -1.10. The van der Waals surface area contributed by atoms with Gasteiger partial charge in [0.05, 0.1) is 5.54 Å². The van der Waals surface area contributed by atoms with Crippen LogP contribution in [0.5, 0.6) is 0 Å². The molecule has 0 bridgehead atoms. The molecule has 1 heterocycles. The van der Waals surface area contributed by atoms with Crippen LogP contribution in [0.2, 0.25) is 0 Å². The van der Waals surface area contributed by atoms with Crippen LogP contribution in [0.15, 0.2) is 35.3 Å². The molecule has 0 spiro atoms. The van der Waals surface area contributed by atoms with Crippen LogP contribution in [0.25, 0.3) is 0 Å². The average molecular weight is 401 g/mol. The van der Waals surface area contributed by atoms with Gasteiger partial charge in [0.25, 0.3) is 5.90 Å². The normalized spacial score (nSPS) is 20.2. The van der Waals surface area contributed by atoms with E-state index in [2.05, 4.69) is 42.9 Å². The van der Waals surface area contributed by atoms with Crippen molar-refractivity contribution >= 4 is 37.8 Å². The number of nitriles is 1. The predicted octanol–water partition coefficient (Wildman–Crippen LogP) is 4.14. The molecule has 4 nitrogen and oxygen atoms in total. The lowest BCUT2D eigenvalue weighted by atomic mass is 10.1. The van der Waals surface area contributed by atoms with Gasteiger partial charge in [-0.1, -0.05) is 30.3 Å². The quantitative estimate of drug-likeness (QED) is 0.701. The van der Waals surface area contributed by atoms with E-state index in [0.717, 1.165) is 5.56 Å². The highest BCUT2D eigenvalue weighted by Crippen LogP contribution is 2.40. The first kappa shape index (κ1) is 15.5. The van der Waals surface area contributed by atoms with E-state index in [1.807, 2.05) is 51.1 Å². The number of rotatable bonds is 2. The van der Waals surface area contributed by atoms with Crippen LogP contribution >= 0.6 is 31.9 Å². The van der Waals surface area contributed by atoms with E-state index >= 15 is 0 Å². The molecule has 1 aromatic carbocycles. The van der Waals surface area contributed by atoms with Gasteiger partial charge < -0.3 is 4.84 Å². The second kappa shape index (κ2) is 5.47. The molecular weight excluding hydrogens is 386 g/mol. The largest absolute Gasteiger partial charge is 0.384 e. The van der Waals surface area contributed by atoms with Gasteiger partial charge in [-0.25, -0.2) is 4.99 Å². The predicted molar refractivity (Wildman–Crippen MR) is 85.5 cm³/mol. The first-order valence-electron chi connectivity index (χ1n) is 6.15. The molecule has 1 unspecified atom stereocenters. The van der Waals surface area contributed by atoms with Gasteiger partial charge in [0.15, 0.2) is 6.17 Å². The molecule has 0 radical (unpaired) electrons. The van der Waals surface area contributed by atoms with Crippen molar-refractivity contribution in [2.45, 2.75) is 35.7 Å². The number of alkyl halides is 2. The monoisotopic (exact) mass is 399 g/mol. The molecule has 0 amide bonds. The molecule has 0 aliphatic carbocycles. The lowest BCUT2D eigenvalue weighted by molar-refractivity contribution is -0.151. The fourth-order valence-corrected chi connectivity index (χ4v) is 2.20. The third kappa shape index (κ3) is 3.05. The van der Waals surface area contributed by atoms with Crippen molar-refractivity contribution in [1.29, 1.82) is 5.26 Å². The Hall–Kier alpha value is -0.900. The van der Waals surface area contributed by atoms with E-state index in [-0.39, 0.29) is 11.7 Å². The minimum Gasteiger partial charge on any atom is -0.384 e. The van der Waals surface area contributed by atoms with Crippen LogP contribution in [0.1, 0.15) is 32.5 Å². The summed E-state index contributed by atoms with van der Waals surface area (Å²) >= 11 is 6.55. The van der Waals surface area contributed by atoms with Crippen molar-refractivity contribution in [3.63, 3.8) is 0 Å². The Kier molecular flexibility index (Phi) is 4.24. The smallest absolute Gasteiger partial charge is 0.254 e. The topological polar surface area (TPSA) is 48.6 Å². The summed E-state index contributed by atoms with van der Waals surface area (Å²) in [6, 6.07) is 12.0. The Bertz CT molecular complexity index is 558. The zero-order valence-corrected chi connectivity index (χ0v) is 14.6. The molecule has 20 heavy (non-hydrogen) atoms. The molecule has 106 valence electrons. The molecular formula is C14H15Br2N3O. The van der Waals surface area contributed by atoms with Gasteiger partial charge in [-0.2, -0.15) is 5.26 Å². The molecule has 0 saturated carbocycles.